The molecule has 1 aromatic heterocycles. The molecule has 23 heavy (non-hydrogen) atoms. The molecule has 0 aliphatic rings. The minimum Gasteiger partial charge on any atom is -0.494 e. The number of hydrogen-bond donors (Lipinski definition) is 2. The van der Waals surface area contributed by atoms with Crippen molar-refractivity contribution in [1.29, 1.82) is 0 Å². The quantitative estimate of drug-likeness (QED) is 0.571. The Morgan fingerprint density at radius 3 is 2.65 bits per heavy atom. The summed E-state index contributed by atoms with van der Waals surface area (Å²) in [5.74, 6) is 0.930. The van der Waals surface area contributed by atoms with E-state index in [0.29, 0.717) is 0 Å². The number of hydrogen-bond acceptors (Lipinski definition) is 5. The second kappa shape index (κ2) is 10.2. The van der Waals surface area contributed by atoms with Crippen LogP contribution in [0.2, 0.25) is 0 Å². The van der Waals surface area contributed by atoms with Crippen molar-refractivity contribution in [3.63, 3.8) is 0 Å². The van der Waals surface area contributed by atoms with E-state index in [2.05, 4.69) is 34.8 Å². The van der Waals surface area contributed by atoms with E-state index in [1.807, 2.05) is 24.3 Å². The number of benzene rings is 1. The van der Waals surface area contributed by atoms with Gasteiger partial charge in [-0.25, -0.2) is 4.98 Å². The summed E-state index contributed by atoms with van der Waals surface area (Å²) in [6, 6.07) is 8.09. The lowest BCUT2D eigenvalue weighted by Crippen LogP contribution is -2.11. The minimum atomic E-state index is 0.799. The monoisotopic (exact) mass is 333 g/mol. The smallest absolute Gasteiger partial charge is 0.187 e. The fraction of sp³-hybridized carbons (Fsp3) is 0.500. The Morgan fingerprint density at radius 2 is 1.91 bits per heavy atom. The van der Waals surface area contributed by atoms with Gasteiger partial charge in [-0.05, 0) is 37.2 Å². The first-order valence-corrected chi connectivity index (χ1v) is 9.34. The summed E-state index contributed by atoms with van der Waals surface area (Å²) in [4.78, 5) is 4.56. The zero-order valence-corrected chi connectivity index (χ0v) is 14.9. The van der Waals surface area contributed by atoms with Crippen LogP contribution in [-0.4, -0.2) is 18.1 Å². The Bertz CT molecular complexity index is 554. The van der Waals surface area contributed by atoms with Crippen LogP contribution in [0.25, 0.3) is 0 Å². The fourth-order valence-corrected chi connectivity index (χ4v) is 2.91. The Balaban J connectivity index is 1.77. The zero-order valence-electron chi connectivity index (χ0n) is 14.1. The molecule has 0 aliphatic heterocycles. The van der Waals surface area contributed by atoms with Gasteiger partial charge in [0, 0.05) is 17.6 Å². The van der Waals surface area contributed by atoms with Crippen molar-refractivity contribution in [3.8, 4) is 5.75 Å². The van der Waals surface area contributed by atoms with Crippen LogP contribution in [0, 0.1) is 0 Å². The van der Waals surface area contributed by atoms with Crippen LogP contribution in [0.3, 0.4) is 0 Å². The fourth-order valence-electron chi connectivity index (χ4n) is 2.18. The molecular formula is C18H27N3OS. The maximum Gasteiger partial charge on any atom is 0.187 e. The number of thiazole rings is 1. The number of anilines is 2. The number of nitrogens with one attached hydrogen (secondary N) is 2. The predicted molar refractivity (Wildman–Crippen MR) is 98.9 cm³/mol. The summed E-state index contributed by atoms with van der Waals surface area (Å²) in [6.07, 6.45) is 4.92. The van der Waals surface area contributed by atoms with Gasteiger partial charge in [0.1, 0.15) is 5.75 Å². The van der Waals surface area contributed by atoms with Gasteiger partial charge in [-0.2, -0.15) is 0 Å². The summed E-state index contributed by atoms with van der Waals surface area (Å²) in [5, 5.41) is 9.62. The van der Waals surface area contributed by atoms with Crippen molar-refractivity contribution < 1.29 is 4.74 Å². The first-order valence-electron chi connectivity index (χ1n) is 8.46. The van der Waals surface area contributed by atoms with E-state index in [0.717, 1.165) is 48.4 Å². The molecule has 4 nitrogen and oxygen atoms in total. The van der Waals surface area contributed by atoms with Gasteiger partial charge in [-0.3, -0.25) is 0 Å². The lowest BCUT2D eigenvalue weighted by atomic mass is 10.2. The largest absolute Gasteiger partial charge is 0.494 e. The van der Waals surface area contributed by atoms with Crippen molar-refractivity contribution in [3.05, 3.63) is 35.3 Å². The highest BCUT2D eigenvalue weighted by atomic mass is 32.1. The Morgan fingerprint density at radius 1 is 1.09 bits per heavy atom. The molecule has 0 fully saturated rings. The first kappa shape index (κ1) is 17.8. The molecule has 0 bridgehead atoms. The molecule has 2 rings (SSSR count). The topological polar surface area (TPSA) is 46.2 Å². The number of nitrogens with zero attached hydrogens (tertiary/aromatic N) is 1. The van der Waals surface area contributed by atoms with Crippen LogP contribution in [0.1, 0.15) is 45.2 Å². The Hall–Kier alpha value is -1.59. The number of rotatable bonds is 11. The standard InChI is InChI=1S/C18H27N3OS/c1-3-5-6-7-12-22-17-10-8-15(9-11-17)20-18-21-16(14-23-18)13-19-4-2/h8-11,14,19H,3-7,12-13H2,1-2H3,(H,20,21). The van der Waals surface area contributed by atoms with Gasteiger partial charge in [-0.1, -0.05) is 33.1 Å². The summed E-state index contributed by atoms with van der Waals surface area (Å²) in [6.45, 7) is 6.89. The van der Waals surface area contributed by atoms with Gasteiger partial charge in [0.25, 0.3) is 0 Å². The van der Waals surface area contributed by atoms with Gasteiger partial charge in [0.05, 0.1) is 12.3 Å². The molecule has 0 saturated carbocycles. The maximum absolute atomic E-state index is 5.76. The molecule has 0 aliphatic carbocycles. The van der Waals surface area contributed by atoms with Crippen LogP contribution < -0.4 is 15.4 Å². The summed E-state index contributed by atoms with van der Waals surface area (Å²) < 4.78 is 5.76. The maximum atomic E-state index is 5.76. The summed E-state index contributed by atoms with van der Waals surface area (Å²) in [5.41, 5.74) is 2.11. The van der Waals surface area contributed by atoms with E-state index < -0.39 is 0 Å². The van der Waals surface area contributed by atoms with Crippen molar-refractivity contribution in [1.82, 2.24) is 10.3 Å². The second-order valence-electron chi connectivity index (χ2n) is 5.48. The third-order valence-electron chi connectivity index (χ3n) is 3.48. The third kappa shape index (κ3) is 6.59. The van der Waals surface area contributed by atoms with E-state index in [1.165, 1.54) is 19.3 Å². The molecule has 1 heterocycles. The average molecular weight is 334 g/mol. The SMILES string of the molecule is CCCCCCOc1ccc(Nc2nc(CNCC)cs2)cc1. The lowest BCUT2D eigenvalue weighted by Gasteiger charge is -2.07. The molecule has 2 N–H and O–H groups in total. The van der Waals surface area contributed by atoms with Crippen molar-refractivity contribution in [2.45, 2.75) is 46.1 Å². The molecule has 0 unspecified atom stereocenters. The van der Waals surface area contributed by atoms with Crippen molar-refractivity contribution in [2.24, 2.45) is 0 Å². The van der Waals surface area contributed by atoms with Gasteiger partial charge in [-0.15, -0.1) is 11.3 Å². The van der Waals surface area contributed by atoms with Gasteiger partial charge in [0.2, 0.25) is 0 Å². The summed E-state index contributed by atoms with van der Waals surface area (Å²) in [7, 11) is 0. The van der Waals surface area contributed by atoms with E-state index >= 15 is 0 Å². The van der Waals surface area contributed by atoms with E-state index in [9.17, 15) is 0 Å². The van der Waals surface area contributed by atoms with Gasteiger partial charge < -0.3 is 15.4 Å². The third-order valence-corrected chi connectivity index (χ3v) is 4.29. The van der Waals surface area contributed by atoms with E-state index in [4.69, 9.17) is 4.74 Å². The second-order valence-corrected chi connectivity index (χ2v) is 6.34. The van der Waals surface area contributed by atoms with Crippen molar-refractivity contribution in [2.75, 3.05) is 18.5 Å². The molecule has 0 radical (unpaired) electrons. The molecular weight excluding hydrogens is 306 g/mol. The Kier molecular flexibility index (Phi) is 7.90. The molecule has 2 aromatic rings. The predicted octanol–water partition coefficient (Wildman–Crippen LogP) is 4.96. The van der Waals surface area contributed by atoms with Gasteiger partial charge in [0.15, 0.2) is 5.13 Å². The number of unbranched alkanes of at least 4 members (excludes halogenated alkanes) is 3. The van der Waals surface area contributed by atoms with Crippen LogP contribution >= 0.6 is 11.3 Å². The average Bonchev–Trinajstić information content (AvgIpc) is 3.02. The van der Waals surface area contributed by atoms with Crippen molar-refractivity contribution >= 4 is 22.2 Å². The minimum absolute atomic E-state index is 0.799. The molecule has 0 saturated heterocycles. The van der Waals surface area contributed by atoms with E-state index in [1.54, 1.807) is 11.3 Å². The lowest BCUT2D eigenvalue weighted by molar-refractivity contribution is 0.305. The van der Waals surface area contributed by atoms with E-state index in [-0.39, 0.29) is 0 Å². The van der Waals surface area contributed by atoms with Gasteiger partial charge >= 0.3 is 0 Å². The highest BCUT2D eigenvalue weighted by molar-refractivity contribution is 7.13. The molecule has 1 aromatic carbocycles. The zero-order chi connectivity index (χ0) is 16.3. The summed E-state index contributed by atoms with van der Waals surface area (Å²) >= 11 is 1.63. The number of ether oxygens (including phenoxy) is 1. The van der Waals surface area contributed by atoms with Crippen LogP contribution in [0.5, 0.6) is 5.75 Å². The van der Waals surface area contributed by atoms with Crippen LogP contribution in [0.4, 0.5) is 10.8 Å². The highest BCUT2D eigenvalue weighted by Crippen LogP contribution is 2.23. The first-order chi connectivity index (χ1) is 11.3. The molecule has 0 amide bonds. The normalized spacial score (nSPS) is 10.7. The number of aromatic nitrogens is 1. The molecule has 126 valence electrons. The van der Waals surface area contributed by atoms with Crippen LogP contribution in [0.15, 0.2) is 29.6 Å². The molecule has 0 spiro atoms. The molecule has 5 heteroatoms. The van der Waals surface area contributed by atoms with Crippen LogP contribution in [-0.2, 0) is 6.54 Å². The molecule has 0 atom stereocenters. The Labute approximate surface area is 143 Å². The highest BCUT2D eigenvalue weighted by Gasteiger charge is 2.02.